The highest BCUT2D eigenvalue weighted by molar-refractivity contribution is 5.99. The lowest BCUT2D eigenvalue weighted by atomic mass is 10.2. The van der Waals surface area contributed by atoms with E-state index in [0.29, 0.717) is 26.1 Å². The van der Waals surface area contributed by atoms with Crippen molar-refractivity contribution in [3.63, 3.8) is 0 Å². The van der Waals surface area contributed by atoms with Crippen molar-refractivity contribution in [2.45, 2.75) is 25.7 Å². The van der Waals surface area contributed by atoms with Crippen LogP contribution in [0.5, 0.6) is 0 Å². The smallest absolute Gasteiger partial charge is 0.359 e. The summed E-state index contributed by atoms with van der Waals surface area (Å²) in [5, 5.41) is 9.32. The summed E-state index contributed by atoms with van der Waals surface area (Å²) in [6.45, 7) is 1.13. The third-order valence-corrected chi connectivity index (χ3v) is 3.19. The van der Waals surface area contributed by atoms with Crippen LogP contribution in [0.25, 0.3) is 0 Å². The summed E-state index contributed by atoms with van der Waals surface area (Å²) >= 11 is 0. The molecular weight excluding hydrogens is 352 g/mol. The number of carboxylic acids is 1. The van der Waals surface area contributed by atoms with Crippen LogP contribution in [-0.4, -0.2) is 61.6 Å². The molecule has 0 unspecified atom stereocenters. The number of aromatic carboxylic acids is 1. The molecule has 1 aromatic heterocycles. The second-order valence-corrected chi connectivity index (χ2v) is 5.21. The van der Waals surface area contributed by atoms with Crippen LogP contribution in [-0.2, 0) is 14.2 Å². The predicted molar refractivity (Wildman–Crippen MR) is 96.3 cm³/mol. The number of carbonyl (C=O) groups excluding carboxylic acids is 1. The summed E-state index contributed by atoms with van der Waals surface area (Å²) in [5.74, 6) is 9.07. The Bertz CT molecular complexity index is 783. The maximum atomic E-state index is 11.8. The molecule has 0 saturated carbocycles. The molecule has 0 radical (unpaired) electrons. The first-order valence-electron chi connectivity index (χ1n) is 8.24. The number of esters is 1. The van der Waals surface area contributed by atoms with Crippen LogP contribution in [0.3, 0.4) is 0 Å². The van der Waals surface area contributed by atoms with Gasteiger partial charge in [-0.3, -0.25) is 0 Å². The zero-order valence-electron chi connectivity index (χ0n) is 15.6. The summed E-state index contributed by atoms with van der Waals surface area (Å²) in [4.78, 5) is 31.3. The van der Waals surface area contributed by atoms with Crippen molar-refractivity contribution in [2.24, 2.45) is 0 Å². The molecule has 0 aliphatic carbocycles. The third-order valence-electron chi connectivity index (χ3n) is 3.19. The third kappa shape index (κ3) is 7.45. The number of unbranched alkanes of at least 4 members (excludes halogenated alkanes) is 2. The highest BCUT2D eigenvalue weighted by Crippen LogP contribution is 2.10. The van der Waals surface area contributed by atoms with Gasteiger partial charge in [-0.2, -0.15) is 0 Å². The van der Waals surface area contributed by atoms with Gasteiger partial charge in [-0.05, 0) is 24.7 Å². The average Bonchev–Trinajstić information content (AvgIpc) is 2.67. The quantitative estimate of drug-likeness (QED) is 0.414. The zero-order valence-corrected chi connectivity index (χ0v) is 15.6. The monoisotopic (exact) mass is 374 g/mol. The van der Waals surface area contributed by atoms with Crippen molar-refractivity contribution in [2.75, 3.05) is 34.5 Å². The molecule has 8 nitrogen and oxygen atoms in total. The molecule has 0 aliphatic heterocycles. The lowest BCUT2D eigenvalue weighted by molar-refractivity contribution is 0.0572. The van der Waals surface area contributed by atoms with Gasteiger partial charge in [0, 0.05) is 40.3 Å². The molecule has 144 valence electrons. The molecule has 0 bridgehead atoms. The molecule has 1 aromatic rings. The maximum Gasteiger partial charge on any atom is 0.359 e. The van der Waals surface area contributed by atoms with Crippen LogP contribution >= 0.6 is 0 Å². The Morgan fingerprint density at radius 1 is 0.889 bits per heavy atom. The fourth-order valence-corrected chi connectivity index (χ4v) is 1.90. The van der Waals surface area contributed by atoms with Gasteiger partial charge in [0.15, 0.2) is 11.4 Å². The van der Waals surface area contributed by atoms with Crippen molar-refractivity contribution in [3.05, 3.63) is 22.8 Å². The highest BCUT2D eigenvalue weighted by Gasteiger charge is 2.23. The SMILES string of the molecule is COCCCC#Cc1nc(C(=O)O)c(C(=O)OC)nc1C#CCCCOC. The Morgan fingerprint density at radius 3 is 1.78 bits per heavy atom. The van der Waals surface area contributed by atoms with Crippen molar-refractivity contribution in [1.82, 2.24) is 9.97 Å². The highest BCUT2D eigenvalue weighted by atomic mass is 16.5. The summed E-state index contributed by atoms with van der Waals surface area (Å²) in [6.07, 6.45) is 2.54. The molecule has 0 fully saturated rings. The minimum atomic E-state index is -1.40. The van der Waals surface area contributed by atoms with E-state index in [-0.39, 0.29) is 11.4 Å². The Balaban J connectivity index is 3.27. The number of hydrogen-bond donors (Lipinski definition) is 1. The van der Waals surface area contributed by atoms with Gasteiger partial charge in [-0.1, -0.05) is 11.8 Å². The number of aromatic nitrogens is 2. The summed E-state index contributed by atoms with van der Waals surface area (Å²) in [7, 11) is 4.33. The Kier molecular flexibility index (Phi) is 10.2. The van der Waals surface area contributed by atoms with Gasteiger partial charge in [0.2, 0.25) is 0 Å². The van der Waals surface area contributed by atoms with E-state index in [1.165, 1.54) is 0 Å². The number of nitrogens with zero attached hydrogens (tertiary/aromatic N) is 2. The number of rotatable bonds is 8. The van der Waals surface area contributed by atoms with Crippen molar-refractivity contribution >= 4 is 11.9 Å². The lowest BCUT2D eigenvalue weighted by Gasteiger charge is -2.05. The van der Waals surface area contributed by atoms with Crippen LogP contribution in [0.4, 0.5) is 0 Å². The number of methoxy groups -OCH3 is 3. The van der Waals surface area contributed by atoms with E-state index in [1.54, 1.807) is 14.2 Å². The van der Waals surface area contributed by atoms with Gasteiger partial charge in [0.05, 0.1) is 7.11 Å². The Hall–Kier alpha value is -2.94. The first-order valence-corrected chi connectivity index (χ1v) is 8.24. The van der Waals surface area contributed by atoms with E-state index in [4.69, 9.17) is 9.47 Å². The van der Waals surface area contributed by atoms with E-state index >= 15 is 0 Å². The molecule has 0 aliphatic rings. The van der Waals surface area contributed by atoms with Gasteiger partial charge >= 0.3 is 11.9 Å². The number of carboxylic acid groups (broad SMARTS) is 1. The van der Waals surface area contributed by atoms with Crippen molar-refractivity contribution in [1.29, 1.82) is 0 Å². The number of hydrogen-bond acceptors (Lipinski definition) is 7. The number of carbonyl (C=O) groups is 2. The topological polar surface area (TPSA) is 108 Å². The van der Waals surface area contributed by atoms with Crippen LogP contribution in [0.15, 0.2) is 0 Å². The largest absolute Gasteiger partial charge is 0.476 e. The molecule has 0 aromatic carbocycles. The molecule has 0 atom stereocenters. The van der Waals surface area contributed by atoms with Crippen molar-refractivity contribution < 1.29 is 28.9 Å². The summed E-state index contributed by atoms with van der Waals surface area (Å²) in [6, 6.07) is 0. The van der Waals surface area contributed by atoms with Crippen LogP contribution in [0.1, 0.15) is 58.0 Å². The fraction of sp³-hybridized carbons (Fsp3) is 0.474. The zero-order chi connectivity index (χ0) is 20.1. The van der Waals surface area contributed by atoms with Crippen LogP contribution in [0.2, 0.25) is 0 Å². The molecule has 1 heterocycles. The molecule has 1 N–H and O–H groups in total. The molecule has 0 saturated heterocycles. The molecular formula is C19H22N2O6. The lowest BCUT2D eigenvalue weighted by Crippen LogP contribution is -2.17. The number of ether oxygens (including phenoxy) is 3. The maximum absolute atomic E-state index is 11.8. The van der Waals surface area contributed by atoms with E-state index in [2.05, 4.69) is 38.4 Å². The van der Waals surface area contributed by atoms with Gasteiger partial charge in [-0.25, -0.2) is 19.6 Å². The Labute approximate surface area is 158 Å². The van der Waals surface area contributed by atoms with Crippen LogP contribution < -0.4 is 0 Å². The average molecular weight is 374 g/mol. The predicted octanol–water partition coefficient (Wildman–Crippen LogP) is 1.52. The van der Waals surface area contributed by atoms with E-state index < -0.39 is 23.3 Å². The van der Waals surface area contributed by atoms with E-state index in [1.807, 2.05) is 0 Å². The van der Waals surface area contributed by atoms with Crippen LogP contribution in [0, 0.1) is 23.7 Å². The summed E-state index contributed by atoms with van der Waals surface area (Å²) in [5.41, 5.74) is -0.683. The molecule has 0 amide bonds. The molecule has 1 rings (SSSR count). The minimum Gasteiger partial charge on any atom is -0.476 e. The minimum absolute atomic E-state index is 0.108. The van der Waals surface area contributed by atoms with Gasteiger partial charge < -0.3 is 19.3 Å². The molecule has 8 heteroatoms. The normalized spacial score (nSPS) is 9.59. The van der Waals surface area contributed by atoms with Crippen molar-refractivity contribution in [3.8, 4) is 23.7 Å². The van der Waals surface area contributed by atoms with Gasteiger partial charge in [-0.15, -0.1) is 0 Å². The van der Waals surface area contributed by atoms with E-state index in [9.17, 15) is 14.7 Å². The van der Waals surface area contributed by atoms with E-state index in [0.717, 1.165) is 20.0 Å². The van der Waals surface area contributed by atoms with Gasteiger partial charge in [0.25, 0.3) is 0 Å². The van der Waals surface area contributed by atoms with Gasteiger partial charge in [0.1, 0.15) is 11.4 Å². The second kappa shape index (κ2) is 12.4. The first kappa shape index (κ1) is 22.1. The molecule has 27 heavy (non-hydrogen) atoms. The standard InChI is InChI=1S/C19H22N2O6/c1-25-12-8-4-6-10-14-15(11-7-5-9-13-26-2)21-17(19(24)27-3)16(20-14)18(22)23/h4-5,8-9,12-13H2,1-3H3,(H,22,23). The first-order chi connectivity index (χ1) is 13.0. The fourth-order valence-electron chi connectivity index (χ4n) is 1.90. The Morgan fingerprint density at radius 2 is 1.37 bits per heavy atom. The summed E-state index contributed by atoms with van der Waals surface area (Å²) < 4.78 is 14.5. The molecule has 0 spiro atoms. The second-order valence-electron chi connectivity index (χ2n) is 5.21.